The normalized spacial score (nSPS) is 36.8. The van der Waals surface area contributed by atoms with E-state index in [1.54, 1.807) is 19.1 Å². The van der Waals surface area contributed by atoms with Crippen LogP contribution >= 0.6 is 0 Å². The molecule has 0 spiro atoms. The average molecular weight is 314 g/mol. The van der Waals surface area contributed by atoms with Crippen LogP contribution in [0.5, 0.6) is 0 Å². The molecule has 1 heterocycles. The first-order chi connectivity index (χ1) is 10.2. The van der Waals surface area contributed by atoms with E-state index in [4.69, 9.17) is 4.74 Å². The van der Waals surface area contributed by atoms with Gasteiger partial charge in [0.25, 0.3) is 0 Å². The van der Waals surface area contributed by atoms with Gasteiger partial charge < -0.3 is 35.4 Å². The Bertz CT molecular complexity index is 544. The quantitative estimate of drug-likeness (QED) is 0.386. The van der Waals surface area contributed by atoms with Gasteiger partial charge in [-0.15, -0.1) is 0 Å². The van der Waals surface area contributed by atoms with E-state index in [-0.39, 0.29) is 5.56 Å². The van der Waals surface area contributed by atoms with Crippen LogP contribution < -0.4 is 0 Å². The molecule has 6 unspecified atom stereocenters. The van der Waals surface area contributed by atoms with Crippen LogP contribution in [0.4, 0.5) is 0 Å². The molecule has 22 heavy (non-hydrogen) atoms. The van der Waals surface area contributed by atoms with Crippen LogP contribution in [0.1, 0.15) is 17.2 Å². The number of carboxylic acid groups (broad SMARTS) is 1. The van der Waals surface area contributed by atoms with Crippen molar-refractivity contribution in [3.8, 4) is 0 Å². The Labute approximate surface area is 125 Å². The van der Waals surface area contributed by atoms with E-state index in [2.05, 4.69) is 0 Å². The fourth-order valence-corrected chi connectivity index (χ4v) is 2.46. The van der Waals surface area contributed by atoms with Gasteiger partial charge in [-0.25, -0.2) is 4.79 Å². The largest absolute Gasteiger partial charge is 0.479 e. The number of aliphatic hydroxyl groups excluding tert-OH is 5. The number of hydrogen-bond donors (Lipinski definition) is 6. The minimum atomic E-state index is -2.71. The van der Waals surface area contributed by atoms with Crippen molar-refractivity contribution in [1.29, 1.82) is 0 Å². The molecule has 6 atom stereocenters. The van der Waals surface area contributed by atoms with E-state index in [9.17, 15) is 35.4 Å². The Kier molecular flexibility index (Phi) is 4.52. The van der Waals surface area contributed by atoms with Crippen molar-refractivity contribution in [1.82, 2.24) is 0 Å². The molecule has 0 radical (unpaired) electrons. The molecule has 1 aliphatic heterocycles. The second kappa shape index (κ2) is 5.92. The van der Waals surface area contributed by atoms with Gasteiger partial charge in [0.15, 0.2) is 6.29 Å². The molecule has 0 amide bonds. The number of carbonyl (C=O) groups is 1. The first kappa shape index (κ1) is 16.8. The third kappa shape index (κ3) is 2.50. The van der Waals surface area contributed by atoms with Crippen LogP contribution in [0.2, 0.25) is 0 Å². The Morgan fingerprint density at radius 3 is 2.18 bits per heavy atom. The Morgan fingerprint density at radius 1 is 1.14 bits per heavy atom. The molecule has 0 bridgehead atoms. The maximum absolute atomic E-state index is 11.6. The van der Waals surface area contributed by atoms with Gasteiger partial charge in [0, 0.05) is 0 Å². The molecule has 122 valence electrons. The molecular weight excluding hydrogens is 296 g/mol. The standard InChI is InChI=1S/C14H18O8/c1-6-2-4-7(5-3-6)10(17)14(13(20)21)11(18)8(15)9(16)12(19)22-14/h2-5,8-12,15-19H,1H3,(H,20,21). The van der Waals surface area contributed by atoms with Crippen LogP contribution in [0.3, 0.4) is 0 Å². The summed E-state index contributed by atoms with van der Waals surface area (Å²) in [7, 11) is 0. The summed E-state index contributed by atoms with van der Waals surface area (Å²) in [6.07, 6.45) is -10.0. The lowest BCUT2D eigenvalue weighted by atomic mass is 9.79. The van der Waals surface area contributed by atoms with E-state index < -0.39 is 42.3 Å². The molecule has 6 N–H and O–H groups in total. The minimum Gasteiger partial charge on any atom is -0.479 e. The number of rotatable bonds is 3. The lowest BCUT2D eigenvalue weighted by Gasteiger charge is -2.46. The summed E-state index contributed by atoms with van der Waals surface area (Å²) >= 11 is 0. The Morgan fingerprint density at radius 2 is 1.68 bits per heavy atom. The van der Waals surface area contributed by atoms with Gasteiger partial charge >= 0.3 is 5.97 Å². The number of aryl methyl sites for hydroxylation is 1. The average Bonchev–Trinajstić information content (AvgIpc) is 2.48. The van der Waals surface area contributed by atoms with E-state index >= 15 is 0 Å². The zero-order chi connectivity index (χ0) is 16.7. The molecule has 2 rings (SSSR count). The van der Waals surface area contributed by atoms with Gasteiger partial charge in [-0.2, -0.15) is 0 Å². The first-order valence-corrected chi connectivity index (χ1v) is 6.60. The number of aliphatic carboxylic acids is 1. The van der Waals surface area contributed by atoms with Gasteiger partial charge in [0.05, 0.1) is 0 Å². The second-order valence-corrected chi connectivity index (χ2v) is 5.35. The fraction of sp³-hybridized carbons (Fsp3) is 0.500. The molecule has 0 aromatic heterocycles. The van der Waals surface area contributed by atoms with Crippen molar-refractivity contribution >= 4 is 5.97 Å². The topological polar surface area (TPSA) is 148 Å². The molecule has 1 aromatic rings. The number of aliphatic hydroxyl groups is 5. The van der Waals surface area contributed by atoms with E-state index in [1.165, 1.54) is 12.1 Å². The molecule has 8 nitrogen and oxygen atoms in total. The van der Waals surface area contributed by atoms with E-state index in [0.29, 0.717) is 0 Å². The molecule has 8 heteroatoms. The monoisotopic (exact) mass is 314 g/mol. The predicted octanol–water partition coefficient (Wildman–Crippen LogP) is -1.72. The van der Waals surface area contributed by atoms with Gasteiger partial charge in [0.2, 0.25) is 5.60 Å². The summed E-state index contributed by atoms with van der Waals surface area (Å²) < 4.78 is 4.82. The van der Waals surface area contributed by atoms with Crippen molar-refractivity contribution in [2.24, 2.45) is 0 Å². The van der Waals surface area contributed by atoms with Crippen molar-refractivity contribution in [2.75, 3.05) is 0 Å². The highest BCUT2D eigenvalue weighted by Crippen LogP contribution is 2.39. The van der Waals surface area contributed by atoms with Gasteiger partial charge in [-0.1, -0.05) is 29.8 Å². The lowest BCUT2D eigenvalue weighted by Crippen LogP contribution is -2.69. The van der Waals surface area contributed by atoms with E-state index in [1.807, 2.05) is 0 Å². The molecule has 1 aliphatic rings. The highest BCUT2D eigenvalue weighted by Gasteiger charge is 2.62. The maximum atomic E-state index is 11.6. The van der Waals surface area contributed by atoms with Crippen molar-refractivity contribution < 1.29 is 40.2 Å². The second-order valence-electron chi connectivity index (χ2n) is 5.35. The fourth-order valence-electron chi connectivity index (χ4n) is 2.46. The molecule has 1 saturated heterocycles. The smallest absolute Gasteiger partial charge is 0.342 e. The first-order valence-electron chi connectivity index (χ1n) is 6.60. The third-order valence-corrected chi connectivity index (χ3v) is 3.85. The predicted molar refractivity (Wildman–Crippen MR) is 71.6 cm³/mol. The summed E-state index contributed by atoms with van der Waals surface area (Å²) in [6, 6.07) is 6.10. The summed E-state index contributed by atoms with van der Waals surface area (Å²) in [5.41, 5.74) is -1.74. The van der Waals surface area contributed by atoms with Crippen LogP contribution in [0.25, 0.3) is 0 Å². The van der Waals surface area contributed by atoms with Gasteiger partial charge in [0.1, 0.15) is 24.4 Å². The van der Waals surface area contributed by atoms with Crippen molar-refractivity contribution in [2.45, 2.75) is 43.2 Å². The Balaban J connectivity index is 2.48. The van der Waals surface area contributed by atoms with Crippen LogP contribution in [0.15, 0.2) is 24.3 Å². The molecule has 1 fully saturated rings. The van der Waals surface area contributed by atoms with Gasteiger partial charge in [-0.3, -0.25) is 0 Å². The maximum Gasteiger partial charge on any atom is 0.342 e. The Hall–Kier alpha value is -1.55. The van der Waals surface area contributed by atoms with E-state index in [0.717, 1.165) is 5.56 Å². The van der Waals surface area contributed by atoms with Crippen LogP contribution in [-0.2, 0) is 9.53 Å². The highest BCUT2D eigenvalue weighted by molar-refractivity contribution is 5.80. The highest BCUT2D eigenvalue weighted by atomic mass is 16.7. The lowest BCUT2D eigenvalue weighted by molar-refractivity contribution is -0.333. The summed E-state index contributed by atoms with van der Waals surface area (Å²) in [4.78, 5) is 11.6. The summed E-state index contributed by atoms with van der Waals surface area (Å²) in [6.45, 7) is 1.79. The number of benzene rings is 1. The number of ether oxygens (including phenoxy) is 1. The summed E-state index contributed by atoms with van der Waals surface area (Å²) in [5, 5.41) is 58.6. The molecule has 1 aromatic carbocycles. The van der Waals surface area contributed by atoms with Crippen molar-refractivity contribution in [3.63, 3.8) is 0 Å². The minimum absolute atomic E-state index is 0.114. The third-order valence-electron chi connectivity index (χ3n) is 3.85. The molecule has 0 aliphatic carbocycles. The zero-order valence-corrected chi connectivity index (χ0v) is 11.7. The van der Waals surface area contributed by atoms with Crippen LogP contribution in [-0.4, -0.2) is 66.8 Å². The summed E-state index contributed by atoms with van der Waals surface area (Å²) in [5.74, 6) is -1.78. The number of hydrogen-bond acceptors (Lipinski definition) is 7. The van der Waals surface area contributed by atoms with Crippen molar-refractivity contribution in [3.05, 3.63) is 35.4 Å². The van der Waals surface area contributed by atoms with Gasteiger partial charge in [-0.05, 0) is 12.5 Å². The molecule has 0 saturated carbocycles. The SMILES string of the molecule is Cc1ccc(C(O)C2(C(=O)O)OC(O)C(O)C(O)C2O)cc1. The van der Waals surface area contributed by atoms with Crippen LogP contribution in [0, 0.1) is 6.92 Å². The number of carboxylic acids is 1. The zero-order valence-electron chi connectivity index (χ0n) is 11.7. The molecular formula is C14H18O8.